The summed E-state index contributed by atoms with van der Waals surface area (Å²) in [6.07, 6.45) is 1.38. The first-order chi connectivity index (χ1) is 10.6. The Morgan fingerprint density at radius 1 is 1.23 bits per heavy atom. The van der Waals surface area contributed by atoms with Gasteiger partial charge >= 0.3 is 5.97 Å². The van der Waals surface area contributed by atoms with Gasteiger partial charge in [0.15, 0.2) is 0 Å². The molecule has 4 heteroatoms. The number of aryl methyl sites for hydroxylation is 2. The highest BCUT2D eigenvalue weighted by Crippen LogP contribution is 2.18. The molecule has 0 atom stereocenters. The second kappa shape index (κ2) is 7.59. The van der Waals surface area contributed by atoms with Gasteiger partial charge in [0.1, 0.15) is 5.82 Å². The van der Waals surface area contributed by atoms with Crippen LogP contribution in [0, 0.1) is 5.82 Å². The standard InChI is InChI=1S/C18H20FNO2/c1-2-14-6-4-8-17(19)16(14)12-20-15-7-3-5-13(11-15)9-10-18(21)22/h3-8,11,20H,2,9-10,12H2,1H3,(H,21,22). The van der Waals surface area contributed by atoms with Crippen molar-refractivity contribution in [1.82, 2.24) is 0 Å². The molecule has 0 aliphatic carbocycles. The quantitative estimate of drug-likeness (QED) is 0.812. The number of nitrogens with one attached hydrogen (secondary N) is 1. The van der Waals surface area contributed by atoms with E-state index in [2.05, 4.69) is 5.32 Å². The van der Waals surface area contributed by atoms with Crippen LogP contribution in [-0.2, 0) is 24.2 Å². The number of carbonyl (C=O) groups is 1. The molecule has 0 heterocycles. The molecule has 0 amide bonds. The number of rotatable bonds is 7. The van der Waals surface area contributed by atoms with Crippen molar-refractivity contribution in [2.45, 2.75) is 32.7 Å². The lowest BCUT2D eigenvalue weighted by Crippen LogP contribution is -2.06. The molecule has 0 saturated carbocycles. The summed E-state index contributed by atoms with van der Waals surface area (Å²) in [5.41, 5.74) is 3.50. The Kier molecular flexibility index (Phi) is 5.53. The first-order valence-electron chi connectivity index (χ1n) is 7.41. The Labute approximate surface area is 129 Å². The molecule has 22 heavy (non-hydrogen) atoms. The van der Waals surface area contributed by atoms with E-state index in [0.29, 0.717) is 18.5 Å². The van der Waals surface area contributed by atoms with Crippen molar-refractivity contribution in [3.63, 3.8) is 0 Å². The summed E-state index contributed by atoms with van der Waals surface area (Å²) in [7, 11) is 0. The maximum atomic E-state index is 13.9. The van der Waals surface area contributed by atoms with E-state index in [9.17, 15) is 9.18 Å². The predicted molar refractivity (Wildman–Crippen MR) is 85.5 cm³/mol. The molecule has 0 aromatic heterocycles. The van der Waals surface area contributed by atoms with E-state index in [4.69, 9.17) is 5.11 Å². The van der Waals surface area contributed by atoms with Crippen molar-refractivity contribution in [3.8, 4) is 0 Å². The highest BCUT2D eigenvalue weighted by atomic mass is 19.1. The van der Waals surface area contributed by atoms with E-state index in [1.807, 2.05) is 37.3 Å². The maximum absolute atomic E-state index is 13.9. The van der Waals surface area contributed by atoms with Gasteiger partial charge in [-0.1, -0.05) is 31.2 Å². The molecule has 2 rings (SSSR count). The lowest BCUT2D eigenvalue weighted by atomic mass is 10.0. The third-order valence-electron chi connectivity index (χ3n) is 3.62. The molecule has 0 aliphatic rings. The summed E-state index contributed by atoms with van der Waals surface area (Å²) >= 11 is 0. The highest BCUT2D eigenvalue weighted by Gasteiger charge is 2.07. The molecule has 0 bridgehead atoms. The molecule has 0 fully saturated rings. The molecule has 2 aromatic carbocycles. The molecule has 3 nitrogen and oxygen atoms in total. The van der Waals surface area contributed by atoms with Crippen molar-refractivity contribution in [3.05, 3.63) is 65.0 Å². The monoisotopic (exact) mass is 301 g/mol. The fourth-order valence-electron chi connectivity index (χ4n) is 2.41. The molecule has 2 aromatic rings. The van der Waals surface area contributed by atoms with Crippen LogP contribution >= 0.6 is 0 Å². The highest BCUT2D eigenvalue weighted by molar-refractivity contribution is 5.67. The molecule has 0 radical (unpaired) electrons. The zero-order valence-corrected chi connectivity index (χ0v) is 12.6. The van der Waals surface area contributed by atoms with Gasteiger partial charge in [-0.15, -0.1) is 0 Å². The Balaban J connectivity index is 2.06. The minimum Gasteiger partial charge on any atom is -0.481 e. The van der Waals surface area contributed by atoms with E-state index in [1.165, 1.54) is 6.07 Å². The number of hydrogen-bond acceptors (Lipinski definition) is 2. The summed E-state index contributed by atoms with van der Waals surface area (Å²) in [6.45, 7) is 2.42. The smallest absolute Gasteiger partial charge is 0.303 e. The number of carboxylic acid groups (broad SMARTS) is 1. The molecule has 0 unspecified atom stereocenters. The van der Waals surface area contributed by atoms with Gasteiger partial charge in [-0.3, -0.25) is 4.79 Å². The average Bonchev–Trinajstić information content (AvgIpc) is 2.52. The van der Waals surface area contributed by atoms with Crippen LogP contribution in [0.2, 0.25) is 0 Å². The van der Waals surface area contributed by atoms with Crippen LogP contribution < -0.4 is 5.32 Å². The minimum atomic E-state index is -0.808. The zero-order chi connectivity index (χ0) is 15.9. The third kappa shape index (κ3) is 4.32. The van der Waals surface area contributed by atoms with Crippen molar-refractivity contribution in [2.24, 2.45) is 0 Å². The van der Waals surface area contributed by atoms with Crippen LogP contribution in [0.1, 0.15) is 30.0 Å². The number of carboxylic acids is 1. The summed E-state index contributed by atoms with van der Waals surface area (Å²) in [6, 6.07) is 12.7. The van der Waals surface area contributed by atoms with Crippen LogP contribution in [0.15, 0.2) is 42.5 Å². The average molecular weight is 301 g/mol. The second-order valence-electron chi connectivity index (χ2n) is 5.18. The van der Waals surface area contributed by atoms with Gasteiger partial charge in [-0.25, -0.2) is 4.39 Å². The summed E-state index contributed by atoms with van der Waals surface area (Å²) < 4.78 is 13.9. The predicted octanol–water partition coefficient (Wildman–Crippen LogP) is 4.02. The third-order valence-corrected chi connectivity index (χ3v) is 3.62. The second-order valence-corrected chi connectivity index (χ2v) is 5.18. The van der Waals surface area contributed by atoms with Gasteiger partial charge in [0.25, 0.3) is 0 Å². The topological polar surface area (TPSA) is 49.3 Å². The minimum absolute atomic E-state index is 0.108. The Bertz CT molecular complexity index is 655. The van der Waals surface area contributed by atoms with Crippen molar-refractivity contribution < 1.29 is 14.3 Å². The van der Waals surface area contributed by atoms with E-state index in [1.54, 1.807) is 6.07 Å². The maximum Gasteiger partial charge on any atom is 0.303 e. The Morgan fingerprint density at radius 2 is 2.00 bits per heavy atom. The van der Waals surface area contributed by atoms with E-state index < -0.39 is 5.97 Å². The Morgan fingerprint density at radius 3 is 2.73 bits per heavy atom. The summed E-state index contributed by atoms with van der Waals surface area (Å²) in [5, 5.41) is 11.9. The zero-order valence-electron chi connectivity index (χ0n) is 12.6. The number of halogens is 1. The van der Waals surface area contributed by atoms with Crippen LogP contribution in [0.25, 0.3) is 0 Å². The van der Waals surface area contributed by atoms with Crippen molar-refractivity contribution in [2.75, 3.05) is 5.32 Å². The van der Waals surface area contributed by atoms with Crippen LogP contribution in [0.3, 0.4) is 0 Å². The molecule has 2 N–H and O–H groups in total. The van der Waals surface area contributed by atoms with Crippen LogP contribution in [0.5, 0.6) is 0 Å². The summed E-state index contributed by atoms with van der Waals surface area (Å²) in [5.74, 6) is -1.01. The lowest BCUT2D eigenvalue weighted by molar-refractivity contribution is -0.136. The SMILES string of the molecule is CCc1cccc(F)c1CNc1cccc(CCC(=O)O)c1. The van der Waals surface area contributed by atoms with Crippen molar-refractivity contribution in [1.29, 1.82) is 0 Å². The van der Waals surface area contributed by atoms with Gasteiger partial charge in [0.2, 0.25) is 0 Å². The molecule has 116 valence electrons. The van der Waals surface area contributed by atoms with Gasteiger partial charge in [-0.05, 0) is 42.2 Å². The molecular weight excluding hydrogens is 281 g/mol. The first-order valence-corrected chi connectivity index (χ1v) is 7.41. The normalized spacial score (nSPS) is 10.5. The molecular formula is C18H20FNO2. The lowest BCUT2D eigenvalue weighted by Gasteiger charge is -2.12. The first kappa shape index (κ1) is 16.0. The van der Waals surface area contributed by atoms with Crippen LogP contribution in [-0.4, -0.2) is 11.1 Å². The fourth-order valence-corrected chi connectivity index (χ4v) is 2.41. The van der Waals surface area contributed by atoms with E-state index in [-0.39, 0.29) is 12.2 Å². The van der Waals surface area contributed by atoms with Crippen LogP contribution in [0.4, 0.5) is 10.1 Å². The van der Waals surface area contributed by atoms with E-state index in [0.717, 1.165) is 23.2 Å². The van der Waals surface area contributed by atoms with E-state index >= 15 is 0 Å². The molecule has 0 spiro atoms. The van der Waals surface area contributed by atoms with Gasteiger partial charge in [0, 0.05) is 24.2 Å². The molecule has 0 aliphatic heterocycles. The number of benzene rings is 2. The number of hydrogen-bond donors (Lipinski definition) is 2. The number of anilines is 1. The summed E-state index contributed by atoms with van der Waals surface area (Å²) in [4.78, 5) is 10.6. The largest absolute Gasteiger partial charge is 0.481 e. The van der Waals surface area contributed by atoms with Gasteiger partial charge in [-0.2, -0.15) is 0 Å². The Hall–Kier alpha value is -2.36. The van der Waals surface area contributed by atoms with Gasteiger partial charge < -0.3 is 10.4 Å². The number of aliphatic carboxylic acids is 1. The fraction of sp³-hybridized carbons (Fsp3) is 0.278. The van der Waals surface area contributed by atoms with Gasteiger partial charge in [0.05, 0.1) is 0 Å². The molecule has 0 saturated heterocycles. The van der Waals surface area contributed by atoms with Crippen molar-refractivity contribution >= 4 is 11.7 Å².